The van der Waals surface area contributed by atoms with Crippen molar-refractivity contribution < 1.29 is 14.2 Å². The van der Waals surface area contributed by atoms with Crippen molar-refractivity contribution in [2.45, 2.75) is 13.0 Å². The minimum atomic E-state index is -0.264. The number of hydrogen-bond donors (Lipinski definition) is 2. The Kier molecular flexibility index (Phi) is 4.55. The predicted molar refractivity (Wildman–Crippen MR) is 115 cm³/mol. The average Bonchev–Trinajstić information content (AvgIpc) is 3.14. The van der Waals surface area contributed by atoms with E-state index in [1.54, 1.807) is 19.2 Å². The number of H-pyrrole nitrogens is 1. The van der Waals surface area contributed by atoms with E-state index in [0.29, 0.717) is 53.7 Å². The van der Waals surface area contributed by atoms with E-state index in [1.807, 2.05) is 24.4 Å². The van der Waals surface area contributed by atoms with E-state index in [-0.39, 0.29) is 5.56 Å². The zero-order valence-electron chi connectivity index (χ0n) is 16.6. The molecule has 0 spiro atoms. The Hall–Kier alpha value is -3.52. The number of nitrogens with one attached hydrogen (secondary N) is 1. The zero-order valence-corrected chi connectivity index (χ0v) is 16.6. The average molecular weight is 406 g/mol. The molecule has 3 N–H and O–H groups in total. The Labute approximate surface area is 172 Å². The Bertz CT molecular complexity index is 1310. The third-order valence-corrected chi connectivity index (χ3v) is 5.32. The molecule has 2 aromatic carbocycles. The van der Waals surface area contributed by atoms with Crippen molar-refractivity contribution in [1.82, 2.24) is 14.5 Å². The van der Waals surface area contributed by atoms with Gasteiger partial charge in [0.1, 0.15) is 30.2 Å². The van der Waals surface area contributed by atoms with Crippen LogP contribution < -0.4 is 25.5 Å². The van der Waals surface area contributed by atoms with Gasteiger partial charge in [-0.3, -0.25) is 4.79 Å². The first kappa shape index (κ1) is 18.5. The fraction of sp³-hybridized carbons (Fsp3) is 0.273. The number of rotatable bonds is 5. The van der Waals surface area contributed by atoms with Crippen molar-refractivity contribution in [3.05, 3.63) is 46.9 Å². The topological polar surface area (TPSA) is 104 Å². The maximum Gasteiger partial charge on any atom is 0.275 e. The molecule has 2 aromatic heterocycles. The van der Waals surface area contributed by atoms with E-state index in [0.717, 1.165) is 29.4 Å². The number of aromatic nitrogens is 3. The molecule has 0 radical (unpaired) electrons. The van der Waals surface area contributed by atoms with Crippen LogP contribution in [0.4, 0.5) is 0 Å². The highest BCUT2D eigenvalue weighted by atomic mass is 16.6. The maximum absolute atomic E-state index is 13.0. The molecule has 0 saturated carbocycles. The molecule has 8 nitrogen and oxygen atoms in total. The van der Waals surface area contributed by atoms with E-state index in [1.165, 1.54) is 0 Å². The van der Waals surface area contributed by atoms with E-state index >= 15 is 0 Å². The molecular weight excluding hydrogens is 384 g/mol. The third kappa shape index (κ3) is 2.96. The summed E-state index contributed by atoms with van der Waals surface area (Å²) in [5, 5.41) is 0.894. The van der Waals surface area contributed by atoms with Crippen LogP contribution in [-0.4, -0.2) is 41.4 Å². The first-order valence-electron chi connectivity index (χ1n) is 9.89. The molecule has 4 aromatic rings. The Morgan fingerprint density at radius 2 is 2.10 bits per heavy atom. The minimum Gasteiger partial charge on any atom is -0.497 e. The standard InChI is InChI=1S/C22H22N4O4/c1-28-13-3-5-17-14(11-13)15(12-26(17)8-2-7-23)19-22(27)24-16-4-6-18-21(20(16)25-19)30-10-9-29-18/h3-6,11-12H,2,7-10,23H2,1H3,(H,24,27). The molecule has 30 heavy (non-hydrogen) atoms. The molecule has 3 heterocycles. The summed E-state index contributed by atoms with van der Waals surface area (Å²) in [5.41, 5.74) is 8.69. The van der Waals surface area contributed by atoms with Gasteiger partial charge in [-0.15, -0.1) is 0 Å². The number of benzene rings is 2. The summed E-state index contributed by atoms with van der Waals surface area (Å²) in [6.07, 6.45) is 2.78. The molecule has 1 aliphatic rings. The lowest BCUT2D eigenvalue weighted by molar-refractivity contribution is 0.173. The summed E-state index contributed by atoms with van der Waals surface area (Å²) in [6.45, 7) is 2.27. The highest BCUT2D eigenvalue weighted by Crippen LogP contribution is 2.37. The van der Waals surface area contributed by atoms with Crippen LogP contribution in [0.3, 0.4) is 0 Å². The number of methoxy groups -OCH3 is 1. The van der Waals surface area contributed by atoms with Crippen LogP contribution in [0.2, 0.25) is 0 Å². The third-order valence-electron chi connectivity index (χ3n) is 5.32. The number of fused-ring (bicyclic) bond motifs is 4. The molecule has 0 saturated heterocycles. The molecule has 0 bridgehead atoms. The second-order valence-electron chi connectivity index (χ2n) is 7.16. The van der Waals surface area contributed by atoms with Crippen LogP contribution in [0.1, 0.15) is 6.42 Å². The van der Waals surface area contributed by atoms with Gasteiger partial charge in [0, 0.05) is 29.2 Å². The molecular formula is C22H22N4O4. The van der Waals surface area contributed by atoms with Crippen molar-refractivity contribution in [3.63, 3.8) is 0 Å². The van der Waals surface area contributed by atoms with Gasteiger partial charge >= 0.3 is 0 Å². The van der Waals surface area contributed by atoms with Crippen LogP contribution in [0.5, 0.6) is 17.2 Å². The largest absolute Gasteiger partial charge is 0.497 e. The molecule has 0 aliphatic carbocycles. The van der Waals surface area contributed by atoms with Crippen molar-refractivity contribution in [1.29, 1.82) is 0 Å². The lowest BCUT2D eigenvalue weighted by Gasteiger charge is -2.19. The fourth-order valence-corrected chi connectivity index (χ4v) is 3.88. The molecule has 0 fully saturated rings. The van der Waals surface area contributed by atoms with E-state index in [9.17, 15) is 4.79 Å². The first-order chi connectivity index (χ1) is 14.7. The van der Waals surface area contributed by atoms with E-state index in [2.05, 4.69) is 9.55 Å². The highest BCUT2D eigenvalue weighted by molar-refractivity contribution is 5.97. The summed E-state index contributed by atoms with van der Waals surface area (Å²) in [4.78, 5) is 20.6. The van der Waals surface area contributed by atoms with E-state index < -0.39 is 0 Å². The maximum atomic E-state index is 13.0. The number of aromatic amines is 1. The van der Waals surface area contributed by atoms with Gasteiger partial charge in [0.15, 0.2) is 11.5 Å². The van der Waals surface area contributed by atoms with Gasteiger partial charge in [0.05, 0.1) is 12.6 Å². The number of hydrogen-bond acceptors (Lipinski definition) is 6. The van der Waals surface area contributed by atoms with Gasteiger partial charge in [-0.1, -0.05) is 0 Å². The van der Waals surface area contributed by atoms with Gasteiger partial charge in [-0.2, -0.15) is 0 Å². The van der Waals surface area contributed by atoms with Crippen molar-refractivity contribution in [2.24, 2.45) is 5.73 Å². The van der Waals surface area contributed by atoms with Gasteiger partial charge in [-0.05, 0) is 43.3 Å². The lowest BCUT2D eigenvalue weighted by atomic mass is 10.1. The second-order valence-corrected chi connectivity index (χ2v) is 7.16. The SMILES string of the molecule is COc1ccc2c(c1)c(-c1nc3c4c(ccc3[nH]c1=O)OCCO4)cn2CCCN. The zero-order chi connectivity index (χ0) is 20.7. The number of nitrogens with two attached hydrogens (primary N) is 1. The molecule has 5 rings (SSSR count). The summed E-state index contributed by atoms with van der Waals surface area (Å²) < 4.78 is 19.0. The summed E-state index contributed by atoms with van der Waals surface area (Å²) in [6, 6.07) is 9.40. The van der Waals surface area contributed by atoms with Gasteiger partial charge < -0.3 is 29.5 Å². The molecule has 1 aliphatic heterocycles. The highest BCUT2D eigenvalue weighted by Gasteiger charge is 2.21. The molecule has 0 atom stereocenters. The van der Waals surface area contributed by atoms with Crippen molar-refractivity contribution in [2.75, 3.05) is 26.9 Å². The minimum absolute atomic E-state index is 0.264. The predicted octanol–water partition coefficient (Wildman–Crippen LogP) is 2.67. The van der Waals surface area contributed by atoms with Crippen LogP contribution in [0.25, 0.3) is 33.2 Å². The molecule has 0 amide bonds. The smallest absolute Gasteiger partial charge is 0.275 e. The molecule has 0 unspecified atom stereocenters. The van der Waals surface area contributed by atoms with Gasteiger partial charge in [0.2, 0.25) is 0 Å². The van der Waals surface area contributed by atoms with Crippen LogP contribution in [0.15, 0.2) is 41.3 Å². The fourth-order valence-electron chi connectivity index (χ4n) is 3.88. The van der Waals surface area contributed by atoms with Gasteiger partial charge in [-0.25, -0.2) is 4.98 Å². The Morgan fingerprint density at radius 1 is 1.23 bits per heavy atom. The Morgan fingerprint density at radius 3 is 2.93 bits per heavy atom. The summed E-state index contributed by atoms with van der Waals surface area (Å²) >= 11 is 0. The molecule has 8 heteroatoms. The first-order valence-corrected chi connectivity index (χ1v) is 9.89. The van der Waals surface area contributed by atoms with Gasteiger partial charge in [0.25, 0.3) is 5.56 Å². The van der Waals surface area contributed by atoms with E-state index in [4.69, 9.17) is 24.9 Å². The lowest BCUT2D eigenvalue weighted by Crippen LogP contribution is -2.17. The second kappa shape index (κ2) is 7.38. The van der Waals surface area contributed by atoms with Crippen molar-refractivity contribution >= 4 is 21.9 Å². The summed E-state index contributed by atoms with van der Waals surface area (Å²) in [7, 11) is 1.62. The number of nitrogens with zero attached hydrogens (tertiary/aromatic N) is 2. The number of aryl methyl sites for hydroxylation is 1. The number of ether oxygens (including phenoxy) is 3. The molecule has 154 valence electrons. The monoisotopic (exact) mass is 406 g/mol. The van der Waals surface area contributed by atoms with Crippen LogP contribution >= 0.6 is 0 Å². The van der Waals surface area contributed by atoms with Crippen molar-refractivity contribution in [3.8, 4) is 28.5 Å². The quantitative estimate of drug-likeness (QED) is 0.528. The summed E-state index contributed by atoms with van der Waals surface area (Å²) in [5.74, 6) is 1.90. The normalized spacial score (nSPS) is 13.1. The van der Waals surface area contributed by atoms with Crippen LogP contribution in [-0.2, 0) is 6.54 Å². The Balaban J connectivity index is 1.76. The van der Waals surface area contributed by atoms with Crippen LogP contribution in [0, 0.1) is 0 Å².